The molecule has 4 heteroatoms. The molecule has 1 unspecified atom stereocenters. The predicted octanol–water partition coefficient (Wildman–Crippen LogP) is 1.97. The zero-order valence-electron chi connectivity index (χ0n) is 7.71. The molecule has 0 saturated heterocycles. The van der Waals surface area contributed by atoms with Gasteiger partial charge in [0, 0.05) is 3.92 Å². The van der Waals surface area contributed by atoms with Gasteiger partial charge in [0.1, 0.15) is 0 Å². The molecule has 1 rings (SSSR count). The summed E-state index contributed by atoms with van der Waals surface area (Å²) in [7, 11) is 0. The van der Waals surface area contributed by atoms with Crippen molar-refractivity contribution in [3.63, 3.8) is 0 Å². The van der Waals surface area contributed by atoms with Gasteiger partial charge in [0.05, 0.1) is 17.9 Å². The van der Waals surface area contributed by atoms with Gasteiger partial charge in [0.2, 0.25) is 0 Å². The first kappa shape index (κ1) is 9.95. The van der Waals surface area contributed by atoms with Crippen molar-refractivity contribution in [1.82, 2.24) is 15.0 Å². The van der Waals surface area contributed by atoms with Crippen molar-refractivity contribution in [1.29, 1.82) is 0 Å². The van der Waals surface area contributed by atoms with E-state index in [9.17, 15) is 0 Å². The van der Waals surface area contributed by atoms with Gasteiger partial charge in [-0.25, -0.2) is 4.68 Å². The van der Waals surface area contributed by atoms with E-state index in [2.05, 4.69) is 53.7 Å². The lowest BCUT2D eigenvalue weighted by Gasteiger charge is -2.04. The Morgan fingerprint density at radius 3 is 2.67 bits per heavy atom. The van der Waals surface area contributed by atoms with Crippen LogP contribution < -0.4 is 0 Å². The van der Waals surface area contributed by atoms with E-state index in [0.717, 1.165) is 18.7 Å². The number of rotatable bonds is 3. The van der Waals surface area contributed by atoms with E-state index in [-0.39, 0.29) is 0 Å². The summed E-state index contributed by atoms with van der Waals surface area (Å²) in [5.41, 5.74) is 2.33. The van der Waals surface area contributed by atoms with Crippen LogP contribution in [0.3, 0.4) is 0 Å². The van der Waals surface area contributed by atoms with Crippen molar-refractivity contribution >= 4 is 22.6 Å². The fourth-order valence-electron chi connectivity index (χ4n) is 1.13. The topological polar surface area (TPSA) is 30.7 Å². The van der Waals surface area contributed by atoms with Crippen LogP contribution in [0.2, 0.25) is 0 Å². The summed E-state index contributed by atoms with van der Waals surface area (Å²) in [4.78, 5) is 0. The van der Waals surface area contributed by atoms with Gasteiger partial charge in [-0.3, -0.25) is 0 Å². The zero-order chi connectivity index (χ0) is 9.14. The Balaban J connectivity index is 2.80. The van der Waals surface area contributed by atoms with Crippen LogP contribution in [0.4, 0.5) is 0 Å². The van der Waals surface area contributed by atoms with E-state index in [1.165, 1.54) is 5.69 Å². The smallest absolute Gasteiger partial charge is 0.0853 e. The summed E-state index contributed by atoms with van der Waals surface area (Å²) in [5.74, 6) is 0. The average Bonchev–Trinajstić information content (AvgIpc) is 2.32. The first-order chi connectivity index (χ1) is 5.65. The summed E-state index contributed by atoms with van der Waals surface area (Å²) in [6, 6.07) is 0. The lowest BCUT2D eigenvalue weighted by molar-refractivity contribution is 0.582. The minimum absolute atomic E-state index is 0.604. The van der Waals surface area contributed by atoms with Gasteiger partial charge in [-0.15, -0.1) is 5.10 Å². The lowest BCUT2D eigenvalue weighted by Crippen LogP contribution is -2.09. The fraction of sp³-hybridized carbons (Fsp3) is 0.750. The summed E-state index contributed by atoms with van der Waals surface area (Å²) in [6.07, 6.45) is 0.974. The molecule has 0 saturated carbocycles. The highest BCUT2D eigenvalue weighted by atomic mass is 127. The first-order valence-corrected chi connectivity index (χ1v) is 5.42. The van der Waals surface area contributed by atoms with Crippen LogP contribution >= 0.6 is 22.6 Å². The molecule has 0 bridgehead atoms. The van der Waals surface area contributed by atoms with E-state index in [1.54, 1.807) is 0 Å². The lowest BCUT2D eigenvalue weighted by atomic mass is 10.3. The van der Waals surface area contributed by atoms with Gasteiger partial charge >= 0.3 is 0 Å². The Labute approximate surface area is 86.7 Å². The maximum atomic E-state index is 4.10. The molecule has 1 aromatic rings. The molecule has 0 aliphatic heterocycles. The number of hydrogen-bond acceptors (Lipinski definition) is 2. The van der Waals surface area contributed by atoms with Gasteiger partial charge in [-0.1, -0.05) is 41.7 Å². The molecule has 0 fully saturated rings. The monoisotopic (exact) mass is 279 g/mol. The largest absolute Gasteiger partial charge is 0.248 e. The highest BCUT2D eigenvalue weighted by Gasteiger charge is 2.07. The van der Waals surface area contributed by atoms with Gasteiger partial charge in [-0.2, -0.15) is 0 Å². The molecule has 0 amide bonds. The minimum Gasteiger partial charge on any atom is -0.248 e. The number of hydrogen-bond donors (Lipinski definition) is 0. The van der Waals surface area contributed by atoms with E-state index in [4.69, 9.17) is 0 Å². The number of nitrogens with zero attached hydrogens (tertiary/aromatic N) is 3. The van der Waals surface area contributed by atoms with Crippen LogP contribution in [0.5, 0.6) is 0 Å². The van der Waals surface area contributed by atoms with Gasteiger partial charge in [-0.05, 0) is 13.3 Å². The number of alkyl halides is 1. The van der Waals surface area contributed by atoms with Crippen molar-refractivity contribution in [2.45, 2.75) is 37.7 Å². The predicted molar refractivity (Wildman–Crippen MR) is 57.6 cm³/mol. The quantitative estimate of drug-likeness (QED) is 0.625. The number of halogens is 1. The van der Waals surface area contributed by atoms with Crippen LogP contribution in [0.1, 0.15) is 25.2 Å². The van der Waals surface area contributed by atoms with Gasteiger partial charge < -0.3 is 0 Å². The second-order valence-electron chi connectivity index (χ2n) is 2.94. The zero-order valence-corrected chi connectivity index (χ0v) is 9.87. The van der Waals surface area contributed by atoms with Crippen LogP contribution in [-0.4, -0.2) is 18.9 Å². The molecular weight excluding hydrogens is 265 g/mol. The molecule has 3 nitrogen and oxygen atoms in total. The number of aromatic nitrogens is 3. The Kier molecular flexibility index (Phi) is 3.49. The second kappa shape index (κ2) is 4.20. The molecule has 1 heterocycles. The summed E-state index contributed by atoms with van der Waals surface area (Å²) < 4.78 is 2.59. The Bertz CT molecular complexity index is 255. The second-order valence-corrected chi connectivity index (χ2v) is 5.06. The van der Waals surface area contributed by atoms with E-state index < -0.39 is 0 Å². The average molecular weight is 279 g/mol. The third-order valence-corrected chi connectivity index (χ3v) is 2.23. The van der Waals surface area contributed by atoms with Crippen LogP contribution in [0.15, 0.2) is 0 Å². The van der Waals surface area contributed by atoms with Gasteiger partial charge in [0.15, 0.2) is 0 Å². The third kappa shape index (κ3) is 2.18. The van der Waals surface area contributed by atoms with Crippen LogP contribution in [0.25, 0.3) is 0 Å². The Hall–Kier alpha value is -0.130. The molecule has 0 spiro atoms. The summed E-state index contributed by atoms with van der Waals surface area (Å²) >= 11 is 2.40. The summed E-state index contributed by atoms with van der Waals surface area (Å²) in [5, 5.41) is 8.19. The highest BCUT2D eigenvalue weighted by Crippen LogP contribution is 2.08. The molecule has 12 heavy (non-hydrogen) atoms. The molecule has 0 aromatic carbocycles. The third-order valence-electron chi connectivity index (χ3n) is 1.84. The molecule has 0 radical (unpaired) electrons. The van der Waals surface area contributed by atoms with Gasteiger partial charge in [0.25, 0.3) is 0 Å². The number of aryl methyl sites for hydroxylation is 1. The molecule has 0 aliphatic carbocycles. The van der Waals surface area contributed by atoms with Crippen molar-refractivity contribution in [2.24, 2.45) is 0 Å². The Morgan fingerprint density at radius 1 is 1.58 bits per heavy atom. The van der Waals surface area contributed by atoms with Crippen molar-refractivity contribution in [2.75, 3.05) is 0 Å². The van der Waals surface area contributed by atoms with E-state index in [0.29, 0.717) is 3.92 Å². The van der Waals surface area contributed by atoms with Crippen molar-refractivity contribution < 1.29 is 0 Å². The normalized spacial score (nSPS) is 13.3. The maximum absolute atomic E-state index is 4.10. The molecular formula is C8H14IN3. The maximum Gasteiger partial charge on any atom is 0.0853 e. The SMILES string of the molecule is CCc1nnn(CC(C)I)c1C. The van der Waals surface area contributed by atoms with Crippen LogP contribution in [-0.2, 0) is 13.0 Å². The van der Waals surface area contributed by atoms with Crippen molar-refractivity contribution in [3.8, 4) is 0 Å². The standard InChI is InChI=1S/C8H14IN3/c1-4-8-7(3)12(11-10-8)5-6(2)9/h6H,4-5H2,1-3H3. The van der Waals surface area contributed by atoms with E-state index in [1.807, 2.05) is 4.68 Å². The van der Waals surface area contributed by atoms with Crippen molar-refractivity contribution in [3.05, 3.63) is 11.4 Å². The molecule has 0 aliphatic rings. The van der Waals surface area contributed by atoms with E-state index >= 15 is 0 Å². The molecule has 1 atom stereocenters. The first-order valence-electron chi connectivity index (χ1n) is 4.18. The fourth-order valence-corrected chi connectivity index (χ4v) is 1.51. The minimum atomic E-state index is 0.604. The highest BCUT2D eigenvalue weighted by molar-refractivity contribution is 14.1. The Morgan fingerprint density at radius 2 is 2.25 bits per heavy atom. The molecule has 1 aromatic heterocycles. The molecule has 68 valence electrons. The van der Waals surface area contributed by atoms with Crippen LogP contribution in [0, 0.1) is 6.92 Å². The summed E-state index contributed by atoms with van der Waals surface area (Å²) in [6.45, 7) is 7.32. The molecule has 0 N–H and O–H groups in total.